The highest BCUT2D eigenvalue weighted by molar-refractivity contribution is 6.30. The standard InChI is InChI=1S/C22H29ClN4O4/c1-4-11-31-18-13-27(15-8-6-7-14(12-15)22(29)30-3)10-9-17(18)25-21(28)20-24-16(5-2)19(23)26-20/h6-8,12,17-18H,4-5,9-11,13H2,1-3H3,(H,24,26)(H,25,28)/t17-,18+/m1/s1. The normalized spacial score (nSPS) is 18.6. The molecule has 0 bridgehead atoms. The smallest absolute Gasteiger partial charge is 0.337 e. The number of hydrogen-bond donors (Lipinski definition) is 2. The van der Waals surface area contributed by atoms with Crippen LogP contribution < -0.4 is 10.2 Å². The summed E-state index contributed by atoms with van der Waals surface area (Å²) in [6, 6.07) is 7.18. The second-order valence-corrected chi connectivity index (χ2v) is 7.83. The summed E-state index contributed by atoms with van der Waals surface area (Å²) in [4.78, 5) is 33.9. The van der Waals surface area contributed by atoms with Crippen LogP contribution >= 0.6 is 11.6 Å². The molecular formula is C22H29ClN4O4. The molecule has 1 aliphatic heterocycles. The average Bonchev–Trinajstić information content (AvgIpc) is 3.18. The minimum absolute atomic E-state index is 0.159. The number of anilines is 1. The topological polar surface area (TPSA) is 96.6 Å². The van der Waals surface area contributed by atoms with Crippen LogP contribution in [0.5, 0.6) is 0 Å². The number of carbonyl (C=O) groups is 2. The molecule has 2 atom stereocenters. The van der Waals surface area contributed by atoms with Gasteiger partial charge in [0.1, 0.15) is 0 Å². The highest BCUT2D eigenvalue weighted by atomic mass is 35.5. The summed E-state index contributed by atoms with van der Waals surface area (Å²) in [6.45, 7) is 5.89. The maximum absolute atomic E-state index is 12.7. The number of esters is 1. The Morgan fingerprint density at radius 1 is 1.35 bits per heavy atom. The van der Waals surface area contributed by atoms with E-state index in [1.165, 1.54) is 7.11 Å². The first-order chi connectivity index (χ1) is 15.0. The lowest BCUT2D eigenvalue weighted by molar-refractivity contribution is 0.0204. The molecule has 8 nitrogen and oxygen atoms in total. The quantitative estimate of drug-likeness (QED) is 0.602. The van der Waals surface area contributed by atoms with Gasteiger partial charge in [0.2, 0.25) is 0 Å². The second-order valence-electron chi connectivity index (χ2n) is 7.47. The fraction of sp³-hybridized carbons (Fsp3) is 0.500. The van der Waals surface area contributed by atoms with Crippen LogP contribution in [0.4, 0.5) is 5.69 Å². The van der Waals surface area contributed by atoms with Gasteiger partial charge in [0.15, 0.2) is 11.0 Å². The van der Waals surface area contributed by atoms with Crippen LogP contribution in [0.15, 0.2) is 24.3 Å². The Balaban J connectivity index is 1.72. The summed E-state index contributed by atoms with van der Waals surface area (Å²) in [7, 11) is 1.37. The molecule has 31 heavy (non-hydrogen) atoms. The highest BCUT2D eigenvalue weighted by Gasteiger charge is 2.32. The zero-order valence-electron chi connectivity index (χ0n) is 18.1. The molecule has 3 rings (SSSR count). The number of imidazole rings is 1. The van der Waals surface area contributed by atoms with Gasteiger partial charge < -0.3 is 24.7 Å². The molecule has 0 unspecified atom stereocenters. The van der Waals surface area contributed by atoms with Gasteiger partial charge in [-0.15, -0.1) is 0 Å². The zero-order valence-corrected chi connectivity index (χ0v) is 18.9. The zero-order chi connectivity index (χ0) is 22.4. The van der Waals surface area contributed by atoms with Crippen LogP contribution in [0.2, 0.25) is 5.15 Å². The molecule has 2 heterocycles. The van der Waals surface area contributed by atoms with Crippen LogP contribution in [-0.2, 0) is 15.9 Å². The Kier molecular flexibility index (Phi) is 7.92. The number of ether oxygens (including phenoxy) is 2. The number of benzene rings is 1. The summed E-state index contributed by atoms with van der Waals surface area (Å²) in [5.41, 5.74) is 2.16. The molecule has 0 aliphatic carbocycles. The Bertz CT molecular complexity index is 917. The van der Waals surface area contributed by atoms with Crippen molar-refractivity contribution < 1.29 is 19.1 Å². The summed E-state index contributed by atoms with van der Waals surface area (Å²) in [5, 5.41) is 3.38. The Labute approximate surface area is 187 Å². The fourth-order valence-electron chi connectivity index (χ4n) is 3.67. The van der Waals surface area contributed by atoms with Crippen LogP contribution in [0.25, 0.3) is 0 Å². The monoisotopic (exact) mass is 448 g/mol. The van der Waals surface area contributed by atoms with Gasteiger partial charge in [-0.25, -0.2) is 9.78 Å². The SMILES string of the molecule is CCCO[C@H]1CN(c2cccc(C(=O)OC)c2)CC[C@H]1NC(=O)c1nc(Cl)c(CC)[nH]1. The molecule has 0 radical (unpaired) electrons. The first-order valence-electron chi connectivity index (χ1n) is 10.6. The number of carbonyl (C=O) groups excluding carboxylic acids is 2. The number of nitrogens with one attached hydrogen (secondary N) is 2. The summed E-state index contributed by atoms with van der Waals surface area (Å²) in [5.74, 6) is -0.450. The number of nitrogens with zero attached hydrogens (tertiary/aromatic N) is 2. The molecule has 1 saturated heterocycles. The van der Waals surface area contributed by atoms with E-state index in [0.29, 0.717) is 43.3 Å². The van der Waals surface area contributed by atoms with Gasteiger partial charge in [-0.3, -0.25) is 4.79 Å². The molecule has 0 saturated carbocycles. The van der Waals surface area contributed by atoms with E-state index in [2.05, 4.69) is 20.2 Å². The molecule has 1 aliphatic rings. The second kappa shape index (κ2) is 10.6. The number of aromatic nitrogens is 2. The van der Waals surface area contributed by atoms with Gasteiger partial charge in [-0.05, 0) is 37.5 Å². The van der Waals surface area contributed by atoms with Crippen molar-refractivity contribution in [1.29, 1.82) is 0 Å². The third-order valence-corrected chi connectivity index (χ3v) is 5.65. The van der Waals surface area contributed by atoms with E-state index in [-0.39, 0.29) is 29.8 Å². The highest BCUT2D eigenvalue weighted by Crippen LogP contribution is 2.24. The van der Waals surface area contributed by atoms with Crippen molar-refractivity contribution in [3.63, 3.8) is 0 Å². The number of rotatable bonds is 8. The van der Waals surface area contributed by atoms with E-state index >= 15 is 0 Å². The number of aromatic amines is 1. The van der Waals surface area contributed by atoms with Crippen molar-refractivity contribution in [3.05, 3.63) is 46.5 Å². The maximum atomic E-state index is 12.7. The van der Waals surface area contributed by atoms with Gasteiger partial charge in [-0.1, -0.05) is 31.5 Å². The van der Waals surface area contributed by atoms with Crippen LogP contribution in [0.1, 0.15) is 53.4 Å². The summed E-state index contributed by atoms with van der Waals surface area (Å²) < 4.78 is 10.9. The molecule has 2 N–H and O–H groups in total. The van der Waals surface area contributed by atoms with E-state index in [1.54, 1.807) is 6.07 Å². The third-order valence-electron chi connectivity index (χ3n) is 5.34. The summed E-state index contributed by atoms with van der Waals surface area (Å²) >= 11 is 6.07. The van der Waals surface area contributed by atoms with Crippen molar-refractivity contribution in [3.8, 4) is 0 Å². The van der Waals surface area contributed by atoms with Crippen molar-refractivity contribution >= 4 is 29.2 Å². The maximum Gasteiger partial charge on any atom is 0.337 e. The Morgan fingerprint density at radius 2 is 2.16 bits per heavy atom. The lowest BCUT2D eigenvalue weighted by Crippen LogP contribution is -2.55. The number of H-pyrrole nitrogens is 1. The number of piperidine rings is 1. The third kappa shape index (κ3) is 5.57. The predicted molar refractivity (Wildman–Crippen MR) is 119 cm³/mol. The number of methoxy groups -OCH3 is 1. The van der Waals surface area contributed by atoms with E-state index in [4.69, 9.17) is 21.1 Å². The first kappa shape index (κ1) is 23.1. The number of hydrogen-bond acceptors (Lipinski definition) is 6. The van der Waals surface area contributed by atoms with Crippen LogP contribution in [-0.4, -0.2) is 60.8 Å². The van der Waals surface area contributed by atoms with Crippen LogP contribution in [0.3, 0.4) is 0 Å². The van der Waals surface area contributed by atoms with Gasteiger partial charge in [0.25, 0.3) is 5.91 Å². The molecule has 0 spiro atoms. The van der Waals surface area contributed by atoms with Crippen LogP contribution in [0, 0.1) is 0 Å². The van der Waals surface area contributed by atoms with Gasteiger partial charge in [0, 0.05) is 25.4 Å². The largest absolute Gasteiger partial charge is 0.465 e. The van der Waals surface area contributed by atoms with E-state index in [9.17, 15) is 9.59 Å². The van der Waals surface area contributed by atoms with Crippen molar-refractivity contribution in [2.75, 3.05) is 31.7 Å². The lowest BCUT2D eigenvalue weighted by Gasteiger charge is -2.39. The van der Waals surface area contributed by atoms with Gasteiger partial charge >= 0.3 is 5.97 Å². The van der Waals surface area contributed by atoms with E-state index < -0.39 is 0 Å². The Hall–Kier alpha value is -2.58. The molecule has 1 amide bonds. The van der Waals surface area contributed by atoms with E-state index in [0.717, 1.165) is 17.8 Å². The minimum Gasteiger partial charge on any atom is -0.465 e. The lowest BCUT2D eigenvalue weighted by atomic mass is 10.00. The number of halogens is 1. The van der Waals surface area contributed by atoms with Gasteiger partial charge in [-0.2, -0.15) is 0 Å². The average molecular weight is 449 g/mol. The molecule has 1 aromatic carbocycles. The van der Waals surface area contributed by atoms with Crippen molar-refractivity contribution in [2.45, 2.75) is 45.3 Å². The van der Waals surface area contributed by atoms with Gasteiger partial charge in [0.05, 0.1) is 30.5 Å². The summed E-state index contributed by atoms with van der Waals surface area (Å²) in [6.07, 6.45) is 2.04. The number of amides is 1. The predicted octanol–water partition coefficient (Wildman–Crippen LogP) is 3.22. The molecule has 9 heteroatoms. The molecule has 1 aromatic heterocycles. The fourth-order valence-corrected chi connectivity index (χ4v) is 3.93. The van der Waals surface area contributed by atoms with Crippen molar-refractivity contribution in [2.24, 2.45) is 0 Å². The van der Waals surface area contributed by atoms with E-state index in [1.807, 2.05) is 32.0 Å². The van der Waals surface area contributed by atoms with Crippen molar-refractivity contribution in [1.82, 2.24) is 15.3 Å². The molecule has 168 valence electrons. The Morgan fingerprint density at radius 3 is 2.84 bits per heavy atom. The number of aryl methyl sites for hydroxylation is 1. The first-order valence-corrected chi connectivity index (χ1v) is 10.9. The molecule has 1 fully saturated rings. The minimum atomic E-state index is -0.369. The molecular weight excluding hydrogens is 420 g/mol. The molecule has 2 aromatic rings.